The first-order chi connectivity index (χ1) is 6.68. The van der Waals surface area contributed by atoms with E-state index in [-0.39, 0.29) is 5.78 Å². The van der Waals surface area contributed by atoms with Crippen LogP contribution in [-0.4, -0.2) is 19.7 Å². The van der Waals surface area contributed by atoms with Gasteiger partial charge in [-0.3, -0.25) is 4.79 Å². The number of halogens is 1. The van der Waals surface area contributed by atoms with Crippen molar-refractivity contribution in [2.24, 2.45) is 7.05 Å². The summed E-state index contributed by atoms with van der Waals surface area (Å²) in [5.74, 6) is -0.154. The fourth-order valence-electron chi connectivity index (χ4n) is 1.03. The Hall–Kier alpha value is -1.01. The van der Waals surface area contributed by atoms with Gasteiger partial charge in [-0.15, -0.1) is 0 Å². The quantitative estimate of drug-likeness (QED) is 0.784. The molecule has 14 heavy (non-hydrogen) atoms. The predicted molar refractivity (Wildman–Crippen MR) is 56.5 cm³/mol. The topological polar surface area (TPSA) is 47.8 Å². The lowest BCUT2D eigenvalue weighted by Crippen LogP contribution is -2.02. The SMILES string of the molecule is Cn1cnc(C(=O)c2nscc2Br)c1. The summed E-state index contributed by atoms with van der Waals surface area (Å²) in [6, 6.07) is 0. The number of hydrogen-bond donors (Lipinski definition) is 0. The highest BCUT2D eigenvalue weighted by Crippen LogP contribution is 2.20. The molecule has 0 saturated carbocycles. The summed E-state index contributed by atoms with van der Waals surface area (Å²) >= 11 is 4.51. The maximum atomic E-state index is 11.8. The highest BCUT2D eigenvalue weighted by atomic mass is 79.9. The van der Waals surface area contributed by atoms with Crippen LogP contribution in [0.15, 0.2) is 22.4 Å². The number of carbonyl (C=O) groups is 1. The fourth-order valence-corrected chi connectivity index (χ4v) is 2.21. The Balaban J connectivity index is 2.38. The lowest BCUT2D eigenvalue weighted by Gasteiger charge is -1.91. The van der Waals surface area contributed by atoms with Gasteiger partial charge in [0.15, 0.2) is 0 Å². The van der Waals surface area contributed by atoms with E-state index >= 15 is 0 Å². The predicted octanol–water partition coefficient (Wildman–Crippen LogP) is 1.87. The molecule has 0 radical (unpaired) electrons. The molecule has 0 saturated heterocycles. The van der Waals surface area contributed by atoms with Crippen molar-refractivity contribution in [1.29, 1.82) is 0 Å². The van der Waals surface area contributed by atoms with Crippen LogP contribution in [0.3, 0.4) is 0 Å². The Kier molecular flexibility index (Phi) is 2.47. The van der Waals surface area contributed by atoms with Crippen molar-refractivity contribution >= 4 is 33.2 Å². The minimum absolute atomic E-state index is 0.154. The van der Waals surface area contributed by atoms with E-state index in [2.05, 4.69) is 25.3 Å². The van der Waals surface area contributed by atoms with E-state index in [0.717, 1.165) is 4.47 Å². The standard InChI is InChI=1S/C8H6BrN3OS/c1-12-2-6(10-4-12)8(13)7-5(9)3-14-11-7/h2-4H,1H3. The maximum absolute atomic E-state index is 11.8. The Morgan fingerprint density at radius 1 is 1.64 bits per heavy atom. The molecule has 0 aromatic carbocycles. The summed E-state index contributed by atoms with van der Waals surface area (Å²) in [6.45, 7) is 0. The number of ketones is 1. The van der Waals surface area contributed by atoms with Crippen LogP contribution in [0.25, 0.3) is 0 Å². The molecule has 2 rings (SSSR count). The Morgan fingerprint density at radius 2 is 2.43 bits per heavy atom. The number of aryl methyl sites for hydroxylation is 1. The first kappa shape index (κ1) is 9.54. The van der Waals surface area contributed by atoms with Gasteiger partial charge in [0, 0.05) is 18.6 Å². The molecule has 0 bridgehead atoms. The van der Waals surface area contributed by atoms with Crippen molar-refractivity contribution in [2.45, 2.75) is 0 Å². The second-order valence-corrected chi connectivity index (χ2v) is 4.25. The van der Waals surface area contributed by atoms with E-state index < -0.39 is 0 Å². The van der Waals surface area contributed by atoms with E-state index in [1.807, 2.05) is 7.05 Å². The van der Waals surface area contributed by atoms with Crippen molar-refractivity contribution in [1.82, 2.24) is 13.9 Å². The van der Waals surface area contributed by atoms with E-state index in [9.17, 15) is 4.79 Å². The normalized spacial score (nSPS) is 10.4. The summed E-state index contributed by atoms with van der Waals surface area (Å²) in [5, 5.41) is 1.77. The molecular weight excluding hydrogens is 266 g/mol. The Bertz CT molecular complexity index is 476. The monoisotopic (exact) mass is 271 g/mol. The Labute approximate surface area is 92.9 Å². The third-order valence-electron chi connectivity index (χ3n) is 1.68. The largest absolute Gasteiger partial charge is 0.340 e. The van der Waals surface area contributed by atoms with E-state index in [0.29, 0.717) is 11.4 Å². The van der Waals surface area contributed by atoms with E-state index in [1.165, 1.54) is 11.5 Å². The van der Waals surface area contributed by atoms with Crippen molar-refractivity contribution in [3.63, 3.8) is 0 Å². The van der Waals surface area contributed by atoms with Crippen LogP contribution >= 0.6 is 27.5 Å². The molecule has 72 valence electrons. The van der Waals surface area contributed by atoms with Crippen molar-refractivity contribution < 1.29 is 4.79 Å². The molecule has 0 spiro atoms. The van der Waals surface area contributed by atoms with E-state index in [4.69, 9.17) is 0 Å². The second kappa shape index (κ2) is 3.62. The van der Waals surface area contributed by atoms with Gasteiger partial charge >= 0.3 is 0 Å². The molecule has 0 N–H and O–H groups in total. The zero-order valence-electron chi connectivity index (χ0n) is 7.27. The number of hydrogen-bond acceptors (Lipinski definition) is 4. The average Bonchev–Trinajstić information content (AvgIpc) is 2.73. The highest BCUT2D eigenvalue weighted by molar-refractivity contribution is 9.10. The van der Waals surface area contributed by atoms with Crippen LogP contribution in [-0.2, 0) is 7.05 Å². The minimum atomic E-state index is -0.154. The molecule has 0 aliphatic carbocycles. The van der Waals surface area contributed by atoms with Crippen molar-refractivity contribution in [2.75, 3.05) is 0 Å². The molecule has 0 aliphatic rings. The third kappa shape index (κ3) is 1.62. The first-order valence-electron chi connectivity index (χ1n) is 3.81. The molecule has 0 amide bonds. The third-order valence-corrected chi connectivity index (χ3v) is 3.22. The lowest BCUT2D eigenvalue weighted by molar-refractivity contribution is 0.103. The van der Waals surface area contributed by atoms with E-state index in [1.54, 1.807) is 22.5 Å². The van der Waals surface area contributed by atoms with Crippen LogP contribution in [0.5, 0.6) is 0 Å². The fraction of sp³-hybridized carbons (Fsp3) is 0.125. The second-order valence-electron chi connectivity index (χ2n) is 2.76. The smallest absolute Gasteiger partial charge is 0.233 e. The van der Waals surface area contributed by atoms with Crippen LogP contribution < -0.4 is 0 Å². The molecule has 6 heteroatoms. The van der Waals surface area contributed by atoms with Crippen LogP contribution in [0, 0.1) is 0 Å². The lowest BCUT2D eigenvalue weighted by atomic mass is 10.2. The maximum Gasteiger partial charge on any atom is 0.233 e. The average molecular weight is 272 g/mol. The van der Waals surface area contributed by atoms with Gasteiger partial charge in [-0.05, 0) is 27.5 Å². The van der Waals surface area contributed by atoms with Gasteiger partial charge in [0.1, 0.15) is 11.4 Å². The number of rotatable bonds is 2. The van der Waals surface area contributed by atoms with Gasteiger partial charge in [0.2, 0.25) is 5.78 Å². The minimum Gasteiger partial charge on any atom is -0.340 e. The van der Waals surface area contributed by atoms with Gasteiger partial charge in [-0.2, -0.15) is 4.37 Å². The highest BCUT2D eigenvalue weighted by Gasteiger charge is 2.17. The zero-order chi connectivity index (χ0) is 10.1. The van der Waals surface area contributed by atoms with Crippen LogP contribution in [0.4, 0.5) is 0 Å². The van der Waals surface area contributed by atoms with Crippen LogP contribution in [0.1, 0.15) is 16.2 Å². The molecule has 0 aliphatic heterocycles. The summed E-state index contributed by atoms with van der Waals surface area (Å²) in [5.41, 5.74) is 0.841. The van der Waals surface area contributed by atoms with Crippen LogP contribution in [0.2, 0.25) is 0 Å². The number of imidazole rings is 1. The van der Waals surface area contributed by atoms with Crippen molar-refractivity contribution in [3.05, 3.63) is 33.8 Å². The van der Waals surface area contributed by atoms with Gasteiger partial charge < -0.3 is 4.57 Å². The van der Waals surface area contributed by atoms with Gasteiger partial charge in [-0.25, -0.2) is 4.98 Å². The number of carbonyl (C=O) groups excluding carboxylic acids is 1. The molecule has 0 atom stereocenters. The Morgan fingerprint density at radius 3 is 2.93 bits per heavy atom. The number of nitrogens with zero attached hydrogens (tertiary/aromatic N) is 3. The van der Waals surface area contributed by atoms with Gasteiger partial charge in [0.25, 0.3) is 0 Å². The summed E-state index contributed by atoms with van der Waals surface area (Å²) in [7, 11) is 1.82. The molecule has 4 nitrogen and oxygen atoms in total. The van der Waals surface area contributed by atoms with Gasteiger partial charge in [-0.1, -0.05) is 0 Å². The molecule has 2 heterocycles. The molecular formula is C8H6BrN3OS. The van der Waals surface area contributed by atoms with Crippen molar-refractivity contribution in [3.8, 4) is 0 Å². The summed E-state index contributed by atoms with van der Waals surface area (Å²) in [6.07, 6.45) is 3.27. The molecule has 2 aromatic heterocycles. The first-order valence-corrected chi connectivity index (χ1v) is 5.44. The molecule has 0 fully saturated rings. The summed E-state index contributed by atoms with van der Waals surface area (Å²) in [4.78, 5) is 15.7. The summed E-state index contributed by atoms with van der Waals surface area (Å²) < 4.78 is 6.45. The molecule has 0 unspecified atom stereocenters. The number of aromatic nitrogens is 3. The molecule has 2 aromatic rings. The van der Waals surface area contributed by atoms with Gasteiger partial charge in [0.05, 0.1) is 10.8 Å². The zero-order valence-corrected chi connectivity index (χ0v) is 9.67.